The van der Waals surface area contributed by atoms with Gasteiger partial charge >= 0.3 is 0 Å². The molecule has 3 aliphatic rings. The Balaban J connectivity index is 0.00000147. The molecule has 112 valence electrons. The number of halogens is 2. The highest BCUT2D eigenvalue weighted by molar-refractivity contribution is 9.11. The zero-order valence-corrected chi connectivity index (χ0v) is 13.9. The average Bonchev–Trinajstić information content (AvgIpc) is 2.88. The van der Waals surface area contributed by atoms with E-state index in [0.29, 0.717) is 18.8 Å². The Morgan fingerprint density at radius 1 is 1.30 bits per heavy atom. The zero-order valence-electron chi connectivity index (χ0n) is 11.5. The maximum absolute atomic E-state index is 12.2. The smallest absolute Gasteiger partial charge is 0.145 e. The largest absolute Gasteiger partial charge is 0.496 e. The van der Waals surface area contributed by atoms with E-state index in [0.717, 1.165) is 35.5 Å². The highest BCUT2D eigenvalue weighted by Crippen LogP contribution is 2.40. The lowest BCUT2D eigenvalue weighted by Gasteiger charge is -2.27. The predicted molar refractivity (Wildman–Crippen MR) is 85.2 cm³/mol. The number of hydrogen-bond donors (Lipinski definition) is 1. The van der Waals surface area contributed by atoms with Crippen LogP contribution in [0.4, 0.5) is 0 Å². The van der Waals surface area contributed by atoms with E-state index in [9.17, 15) is 4.79 Å². The third kappa shape index (κ3) is 3.29. The van der Waals surface area contributed by atoms with Crippen molar-refractivity contribution in [2.24, 2.45) is 11.8 Å². The predicted octanol–water partition coefficient (Wildman–Crippen LogP) is 3.34. The molecule has 2 heterocycles. The second-order valence-corrected chi connectivity index (χ2v) is 6.60. The van der Waals surface area contributed by atoms with Gasteiger partial charge < -0.3 is 10.1 Å². The number of allylic oxidation sites excluding steroid dienone is 1. The Bertz CT molecular complexity index is 441. The highest BCUT2D eigenvalue weighted by Gasteiger charge is 2.33. The first-order chi connectivity index (χ1) is 9.25. The summed E-state index contributed by atoms with van der Waals surface area (Å²) in [6, 6.07) is 0. The summed E-state index contributed by atoms with van der Waals surface area (Å²) in [5.74, 6) is 1.21. The molecule has 20 heavy (non-hydrogen) atoms. The molecule has 2 aliphatic heterocycles. The van der Waals surface area contributed by atoms with Gasteiger partial charge in [-0.05, 0) is 44.7 Å². The molecule has 1 fully saturated rings. The molecule has 0 bridgehead atoms. The zero-order chi connectivity index (χ0) is 13.2. The summed E-state index contributed by atoms with van der Waals surface area (Å²) in [7, 11) is 0. The SMILES string of the molecule is Cl.O=C1CC2=COCC2=C(Br)C1CCC1CCNCC1. The van der Waals surface area contributed by atoms with Crippen molar-refractivity contribution in [2.45, 2.75) is 32.1 Å². The fraction of sp³-hybridized carbons (Fsp3) is 0.667. The molecule has 1 atom stereocenters. The van der Waals surface area contributed by atoms with E-state index in [1.807, 2.05) is 0 Å². The Morgan fingerprint density at radius 3 is 2.80 bits per heavy atom. The van der Waals surface area contributed by atoms with Gasteiger partial charge in [-0.15, -0.1) is 12.4 Å². The van der Waals surface area contributed by atoms with Crippen molar-refractivity contribution in [1.82, 2.24) is 5.32 Å². The molecule has 1 aliphatic carbocycles. The minimum absolute atomic E-state index is 0. The van der Waals surface area contributed by atoms with Crippen LogP contribution in [0, 0.1) is 11.8 Å². The van der Waals surface area contributed by atoms with E-state index >= 15 is 0 Å². The minimum atomic E-state index is 0. The molecule has 0 amide bonds. The van der Waals surface area contributed by atoms with Crippen LogP contribution in [0.3, 0.4) is 0 Å². The van der Waals surface area contributed by atoms with E-state index in [2.05, 4.69) is 21.2 Å². The van der Waals surface area contributed by atoms with Gasteiger partial charge in [0.1, 0.15) is 12.4 Å². The first kappa shape index (κ1) is 16.1. The molecule has 0 spiro atoms. The molecule has 0 aromatic rings. The van der Waals surface area contributed by atoms with Crippen molar-refractivity contribution >= 4 is 34.1 Å². The van der Waals surface area contributed by atoms with Gasteiger partial charge in [-0.25, -0.2) is 0 Å². The van der Waals surface area contributed by atoms with Gasteiger partial charge in [0.15, 0.2) is 0 Å². The van der Waals surface area contributed by atoms with Gasteiger partial charge in [0.2, 0.25) is 0 Å². The summed E-state index contributed by atoms with van der Waals surface area (Å²) >= 11 is 3.65. The molecule has 5 heteroatoms. The summed E-state index contributed by atoms with van der Waals surface area (Å²) in [5.41, 5.74) is 2.30. The third-order valence-corrected chi connectivity index (χ3v) is 5.54. The molecule has 0 aromatic heterocycles. The van der Waals surface area contributed by atoms with Crippen LogP contribution < -0.4 is 5.32 Å². The van der Waals surface area contributed by atoms with E-state index in [4.69, 9.17) is 4.74 Å². The van der Waals surface area contributed by atoms with Crippen molar-refractivity contribution in [3.05, 3.63) is 21.9 Å². The molecule has 1 saturated heterocycles. The Kier molecular flexibility index (Phi) is 5.70. The van der Waals surface area contributed by atoms with E-state index < -0.39 is 0 Å². The van der Waals surface area contributed by atoms with Gasteiger partial charge in [-0.2, -0.15) is 0 Å². The Hall–Kier alpha value is -0.320. The Morgan fingerprint density at radius 2 is 2.05 bits per heavy atom. The quantitative estimate of drug-likeness (QED) is 0.837. The number of carbonyl (C=O) groups is 1. The number of Topliss-reactive ketones (excluding diaryl/α,β-unsaturated/α-hetero) is 1. The molecule has 3 nitrogen and oxygen atoms in total. The van der Waals surface area contributed by atoms with E-state index in [1.165, 1.54) is 24.8 Å². The van der Waals surface area contributed by atoms with Crippen molar-refractivity contribution in [2.75, 3.05) is 19.7 Å². The van der Waals surface area contributed by atoms with Gasteiger partial charge in [-0.3, -0.25) is 4.79 Å². The first-order valence-corrected chi connectivity index (χ1v) is 7.98. The van der Waals surface area contributed by atoms with E-state index in [1.54, 1.807) is 6.26 Å². The fourth-order valence-electron chi connectivity index (χ4n) is 3.28. The number of nitrogens with one attached hydrogen (secondary N) is 1. The van der Waals surface area contributed by atoms with Crippen molar-refractivity contribution in [3.63, 3.8) is 0 Å². The topological polar surface area (TPSA) is 38.3 Å². The maximum atomic E-state index is 12.2. The molecular weight excluding hydrogens is 342 g/mol. The molecule has 0 saturated carbocycles. The summed E-state index contributed by atoms with van der Waals surface area (Å²) < 4.78 is 6.43. The number of carbonyl (C=O) groups excluding carboxylic acids is 1. The van der Waals surface area contributed by atoms with Gasteiger partial charge in [0.05, 0.1) is 12.2 Å². The number of ketones is 1. The molecular formula is C15H21BrClNO2. The van der Waals surface area contributed by atoms with Crippen LogP contribution in [0.5, 0.6) is 0 Å². The average molecular weight is 363 g/mol. The van der Waals surface area contributed by atoms with Gasteiger partial charge in [0, 0.05) is 22.0 Å². The van der Waals surface area contributed by atoms with Gasteiger partial charge in [-0.1, -0.05) is 15.9 Å². The molecule has 1 N–H and O–H groups in total. The Labute approximate surface area is 134 Å². The van der Waals surface area contributed by atoms with Crippen LogP contribution in [0.15, 0.2) is 21.9 Å². The first-order valence-electron chi connectivity index (χ1n) is 7.18. The maximum Gasteiger partial charge on any atom is 0.145 e. The summed E-state index contributed by atoms with van der Waals surface area (Å²) in [5, 5.41) is 3.39. The number of fused-ring (bicyclic) bond motifs is 1. The standard InChI is InChI=1S/C15H20BrNO2.ClH/c16-15-12(2-1-10-3-5-17-6-4-10)14(18)7-11-8-19-9-13(11)15;/h8,10,12,17H,1-7,9H2;1H. The fourth-order valence-corrected chi connectivity index (χ4v) is 4.14. The lowest BCUT2D eigenvalue weighted by Crippen LogP contribution is -2.29. The lowest BCUT2D eigenvalue weighted by molar-refractivity contribution is -0.121. The second-order valence-electron chi connectivity index (χ2n) is 5.75. The molecule has 0 aromatic carbocycles. The van der Waals surface area contributed by atoms with Crippen LogP contribution >= 0.6 is 28.3 Å². The van der Waals surface area contributed by atoms with Crippen molar-refractivity contribution < 1.29 is 9.53 Å². The number of rotatable bonds is 3. The second kappa shape index (κ2) is 7.10. The number of ether oxygens (including phenoxy) is 1. The van der Waals surface area contributed by atoms with Crippen LogP contribution in [-0.4, -0.2) is 25.5 Å². The van der Waals surface area contributed by atoms with Crippen LogP contribution in [0.2, 0.25) is 0 Å². The number of hydrogen-bond acceptors (Lipinski definition) is 3. The molecule has 1 unspecified atom stereocenters. The van der Waals surface area contributed by atoms with Crippen molar-refractivity contribution in [1.29, 1.82) is 0 Å². The van der Waals surface area contributed by atoms with Crippen LogP contribution in [-0.2, 0) is 9.53 Å². The lowest BCUT2D eigenvalue weighted by atomic mass is 9.81. The summed E-state index contributed by atoms with van der Waals surface area (Å²) in [6.07, 6.45) is 6.97. The highest BCUT2D eigenvalue weighted by atomic mass is 79.9. The number of piperidine rings is 1. The van der Waals surface area contributed by atoms with Crippen LogP contribution in [0.25, 0.3) is 0 Å². The third-order valence-electron chi connectivity index (χ3n) is 4.51. The molecule has 3 rings (SSSR count). The monoisotopic (exact) mass is 361 g/mol. The van der Waals surface area contributed by atoms with Crippen LogP contribution in [0.1, 0.15) is 32.1 Å². The molecule has 0 radical (unpaired) electrons. The van der Waals surface area contributed by atoms with Crippen molar-refractivity contribution in [3.8, 4) is 0 Å². The summed E-state index contributed by atoms with van der Waals surface area (Å²) in [6.45, 7) is 2.89. The van der Waals surface area contributed by atoms with E-state index in [-0.39, 0.29) is 18.3 Å². The van der Waals surface area contributed by atoms with Gasteiger partial charge in [0.25, 0.3) is 0 Å². The minimum Gasteiger partial charge on any atom is -0.496 e. The summed E-state index contributed by atoms with van der Waals surface area (Å²) in [4.78, 5) is 12.2. The normalized spacial score (nSPS) is 26.8.